The van der Waals surface area contributed by atoms with Gasteiger partial charge < -0.3 is 10.4 Å². The number of thioether (sulfide) groups is 1. The summed E-state index contributed by atoms with van der Waals surface area (Å²) in [6.07, 6.45) is 1.19. The van der Waals surface area contributed by atoms with Crippen molar-refractivity contribution in [3.63, 3.8) is 0 Å². The molecule has 134 valence electrons. The largest absolute Gasteiger partial charge is 0.387 e. The van der Waals surface area contributed by atoms with Gasteiger partial charge in [0.1, 0.15) is 0 Å². The van der Waals surface area contributed by atoms with Gasteiger partial charge >= 0.3 is 0 Å². The first-order chi connectivity index (χ1) is 11.9. The van der Waals surface area contributed by atoms with Gasteiger partial charge in [0.05, 0.1) is 17.2 Å². The van der Waals surface area contributed by atoms with E-state index in [0.29, 0.717) is 6.54 Å². The number of aliphatic hydroxyl groups excluding tert-OH is 1. The molecule has 1 aromatic carbocycles. The van der Waals surface area contributed by atoms with Crippen molar-refractivity contribution in [3.05, 3.63) is 52.5 Å². The number of hydrogen-bond acceptors (Lipinski definition) is 7. The lowest BCUT2D eigenvalue weighted by Crippen LogP contribution is -2.65. The molecule has 1 fully saturated rings. The summed E-state index contributed by atoms with van der Waals surface area (Å²) in [7, 11) is 0. The molecule has 3 unspecified atom stereocenters. The van der Waals surface area contributed by atoms with Crippen molar-refractivity contribution in [1.82, 2.24) is 20.9 Å². The number of amides is 1. The number of aliphatic hydroxyl groups is 1. The SMILES string of the molecule is CC(=O)NC1(NCC(O)c2ccccc2)NC(C)(c2cncs2)CS1. The van der Waals surface area contributed by atoms with E-state index in [4.69, 9.17) is 0 Å². The lowest BCUT2D eigenvalue weighted by atomic mass is 10.0. The van der Waals surface area contributed by atoms with E-state index in [1.807, 2.05) is 36.5 Å². The van der Waals surface area contributed by atoms with E-state index >= 15 is 0 Å². The average molecular weight is 379 g/mol. The van der Waals surface area contributed by atoms with Crippen LogP contribution in [0, 0.1) is 0 Å². The molecule has 0 bridgehead atoms. The molecule has 8 heteroatoms. The van der Waals surface area contributed by atoms with Crippen LogP contribution in [0.15, 0.2) is 42.0 Å². The predicted molar refractivity (Wildman–Crippen MR) is 101 cm³/mol. The molecule has 1 aliphatic rings. The van der Waals surface area contributed by atoms with Crippen molar-refractivity contribution in [1.29, 1.82) is 0 Å². The minimum absolute atomic E-state index is 0.143. The number of thiazole rings is 1. The summed E-state index contributed by atoms with van der Waals surface area (Å²) in [5, 5.41) is 19.3. The molecule has 6 nitrogen and oxygen atoms in total. The first kappa shape index (κ1) is 18.3. The molecule has 1 aromatic heterocycles. The van der Waals surface area contributed by atoms with E-state index in [9.17, 15) is 9.90 Å². The highest BCUT2D eigenvalue weighted by Gasteiger charge is 2.48. The Hall–Kier alpha value is -1.45. The number of benzene rings is 1. The van der Waals surface area contributed by atoms with Crippen LogP contribution in [-0.2, 0) is 10.3 Å². The lowest BCUT2D eigenvalue weighted by molar-refractivity contribution is -0.120. The standard InChI is InChI=1S/C17H22N4O2S2/c1-12(22)20-17(19-8-14(23)13-6-4-3-5-7-13)21-16(2,10-25-17)15-9-18-11-24-15/h3-7,9,11,14,19,21,23H,8,10H2,1-2H3,(H,20,22). The highest BCUT2D eigenvalue weighted by molar-refractivity contribution is 8.00. The molecular weight excluding hydrogens is 356 g/mol. The van der Waals surface area contributed by atoms with Crippen LogP contribution in [0.25, 0.3) is 0 Å². The highest BCUT2D eigenvalue weighted by Crippen LogP contribution is 2.40. The maximum Gasteiger partial charge on any atom is 0.219 e. The Kier molecular flexibility index (Phi) is 5.45. The van der Waals surface area contributed by atoms with Crippen molar-refractivity contribution in [2.75, 3.05) is 12.3 Å². The van der Waals surface area contributed by atoms with E-state index in [0.717, 1.165) is 16.2 Å². The van der Waals surface area contributed by atoms with Gasteiger partial charge in [0.25, 0.3) is 0 Å². The third-order valence-corrected chi connectivity index (χ3v) is 6.63. The van der Waals surface area contributed by atoms with Crippen LogP contribution in [-0.4, -0.2) is 33.4 Å². The molecule has 4 N–H and O–H groups in total. The van der Waals surface area contributed by atoms with Crippen molar-refractivity contribution >= 4 is 29.0 Å². The topological polar surface area (TPSA) is 86.3 Å². The molecule has 3 atom stereocenters. The monoisotopic (exact) mass is 378 g/mol. The van der Waals surface area contributed by atoms with Crippen molar-refractivity contribution < 1.29 is 9.90 Å². The van der Waals surface area contributed by atoms with Gasteiger partial charge in [0, 0.05) is 30.3 Å². The Morgan fingerprint density at radius 3 is 2.84 bits per heavy atom. The summed E-state index contributed by atoms with van der Waals surface area (Å²) >= 11 is 3.16. The fraction of sp³-hybridized carbons (Fsp3) is 0.412. The van der Waals surface area contributed by atoms with Crippen LogP contribution in [0.1, 0.15) is 30.4 Å². The Bertz CT molecular complexity index is 713. The molecule has 0 radical (unpaired) electrons. The van der Waals surface area contributed by atoms with Crippen LogP contribution >= 0.6 is 23.1 Å². The molecule has 2 aromatic rings. The molecule has 0 spiro atoms. The van der Waals surface area contributed by atoms with Gasteiger partial charge in [-0.1, -0.05) is 42.1 Å². The first-order valence-corrected chi connectivity index (χ1v) is 9.88. The Morgan fingerprint density at radius 2 is 2.20 bits per heavy atom. The van der Waals surface area contributed by atoms with Crippen molar-refractivity contribution in [2.45, 2.75) is 30.6 Å². The normalized spacial score (nSPS) is 27.2. The van der Waals surface area contributed by atoms with Crippen LogP contribution < -0.4 is 16.0 Å². The van der Waals surface area contributed by atoms with E-state index in [-0.39, 0.29) is 11.4 Å². The highest BCUT2D eigenvalue weighted by atomic mass is 32.2. The fourth-order valence-corrected chi connectivity index (χ4v) is 5.09. The van der Waals surface area contributed by atoms with Gasteiger partial charge in [-0.2, -0.15) is 0 Å². The summed E-state index contributed by atoms with van der Waals surface area (Å²) in [5.74, 6) is 0.624. The Morgan fingerprint density at radius 1 is 1.44 bits per heavy atom. The first-order valence-electron chi connectivity index (χ1n) is 8.01. The molecule has 1 saturated heterocycles. The second kappa shape index (κ2) is 7.43. The van der Waals surface area contributed by atoms with Crippen molar-refractivity contribution in [3.8, 4) is 0 Å². The number of nitrogens with one attached hydrogen (secondary N) is 3. The molecule has 25 heavy (non-hydrogen) atoms. The number of nitrogens with zero attached hydrogens (tertiary/aromatic N) is 1. The molecule has 2 heterocycles. The average Bonchev–Trinajstić information content (AvgIpc) is 3.23. The number of hydrogen-bond donors (Lipinski definition) is 4. The van der Waals surface area contributed by atoms with Crippen LogP contribution in [0.4, 0.5) is 0 Å². The quantitative estimate of drug-likeness (QED) is 0.573. The molecular formula is C17H22N4O2S2. The third kappa shape index (κ3) is 4.21. The Balaban J connectivity index is 1.73. The maximum absolute atomic E-state index is 11.7. The zero-order valence-electron chi connectivity index (χ0n) is 14.2. The lowest BCUT2D eigenvalue weighted by Gasteiger charge is -2.34. The summed E-state index contributed by atoms with van der Waals surface area (Å²) in [6.45, 7) is 3.89. The van der Waals surface area contributed by atoms with Gasteiger partial charge in [-0.05, 0) is 12.5 Å². The summed E-state index contributed by atoms with van der Waals surface area (Å²) in [5.41, 5.74) is 2.33. The molecule has 0 saturated carbocycles. The van der Waals surface area contributed by atoms with Crippen LogP contribution in [0.2, 0.25) is 0 Å². The molecule has 3 rings (SSSR count). The van der Waals surface area contributed by atoms with Gasteiger partial charge in [0.15, 0.2) is 5.12 Å². The molecule has 0 aliphatic carbocycles. The third-order valence-electron chi connectivity index (χ3n) is 4.09. The van der Waals surface area contributed by atoms with Crippen LogP contribution in [0.5, 0.6) is 0 Å². The van der Waals surface area contributed by atoms with Gasteiger partial charge in [0.2, 0.25) is 5.91 Å². The zero-order valence-corrected chi connectivity index (χ0v) is 15.8. The van der Waals surface area contributed by atoms with E-state index < -0.39 is 11.2 Å². The second-order valence-electron chi connectivity index (χ2n) is 6.28. The zero-order chi connectivity index (χ0) is 17.9. The molecule has 1 amide bonds. The smallest absolute Gasteiger partial charge is 0.219 e. The Labute approximate surface area is 155 Å². The maximum atomic E-state index is 11.7. The van der Waals surface area contributed by atoms with Gasteiger partial charge in [-0.15, -0.1) is 11.3 Å². The van der Waals surface area contributed by atoms with E-state index in [1.165, 1.54) is 6.92 Å². The minimum Gasteiger partial charge on any atom is -0.387 e. The van der Waals surface area contributed by atoms with Crippen LogP contribution in [0.3, 0.4) is 0 Å². The van der Waals surface area contributed by atoms with Crippen molar-refractivity contribution in [2.24, 2.45) is 0 Å². The second-order valence-corrected chi connectivity index (χ2v) is 8.36. The summed E-state index contributed by atoms with van der Waals surface area (Å²) in [6, 6.07) is 9.47. The number of aromatic nitrogens is 1. The van der Waals surface area contributed by atoms with Gasteiger partial charge in [-0.25, -0.2) is 0 Å². The number of rotatable bonds is 6. The molecule has 1 aliphatic heterocycles. The fourth-order valence-electron chi connectivity index (χ4n) is 2.82. The number of carbonyl (C=O) groups excluding carboxylic acids is 1. The van der Waals surface area contributed by atoms with E-state index in [2.05, 4.69) is 27.9 Å². The summed E-state index contributed by atoms with van der Waals surface area (Å²) in [4.78, 5) is 17.0. The predicted octanol–water partition coefficient (Wildman–Crippen LogP) is 1.77. The summed E-state index contributed by atoms with van der Waals surface area (Å²) < 4.78 is 0. The number of carbonyl (C=O) groups is 1. The van der Waals surface area contributed by atoms with E-state index in [1.54, 1.807) is 28.6 Å². The van der Waals surface area contributed by atoms with Gasteiger partial charge in [-0.3, -0.25) is 20.4 Å². The minimum atomic E-state index is -0.833.